The van der Waals surface area contributed by atoms with Crippen molar-refractivity contribution in [2.75, 3.05) is 6.26 Å². The van der Waals surface area contributed by atoms with Crippen molar-refractivity contribution in [2.24, 2.45) is 0 Å². The highest BCUT2D eigenvalue weighted by molar-refractivity contribution is 7.90. The fraction of sp³-hybridized carbons (Fsp3) is 0.231. The van der Waals surface area contributed by atoms with Crippen molar-refractivity contribution in [1.29, 1.82) is 0 Å². The Hall–Kier alpha value is -2.36. The quantitative estimate of drug-likeness (QED) is 0.910. The number of sulfone groups is 1. The molecule has 0 saturated heterocycles. The third-order valence-electron chi connectivity index (χ3n) is 2.94. The topological polar surface area (TPSA) is 89.3 Å². The van der Waals surface area contributed by atoms with Crippen LogP contribution in [0.4, 0.5) is 13.2 Å². The van der Waals surface area contributed by atoms with Gasteiger partial charge in [-0.2, -0.15) is 18.3 Å². The highest BCUT2D eigenvalue weighted by Crippen LogP contribution is 2.26. The van der Waals surface area contributed by atoms with E-state index in [0.29, 0.717) is 0 Å². The summed E-state index contributed by atoms with van der Waals surface area (Å²) >= 11 is 0. The smallest absolute Gasteiger partial charge is 0.408 e. The normalized spacial score (nSPS) is 12.3. The molecule has 0 atom stereocenters. The van der Waals surface area contributed by atoms with E-state index < -0.39 is 33.9 Å². The van der Waals surface area contributed by atoms with E-state index in [2.05, 4.69) is 5.10 Å². The Morgan fingerprint density at radius 1 is 1.22 bits per heavy atom. The maximum atomic E-state index is 12.3. The first-order valence-corrected chi connectivity index (χ1v) is 8.04. The molecule has 2 rings (SSSR count). The number of rotatable bonds is 3. The Kier molecular flexibility index (Phi) is 4.20. The highest BCUT2D eigenvalue weighted by atomic mass is 32.2. The summed E-state index contributed by atoms with van der Waals surface area (Å²) in [5, 5.41) is 13.2. The Balaban J connectivity index is 2.46. The molecule has 1 aromatic carbocycles. The molecule has 2 aromatic rings. The average Bonchev–Trinajstić information content (AvgIpc) is 2.42. The molecule has 124 valence electrons. The van der Waals surface area contributed by atoms with Gasteiger partial charge in [0, 0.05) is 11.8 Å². The molecular formula is C13H11F3N2O4S. The number of halogens is 3. The lowest BCUT2D eigenvalue weighted by Crippen LogP contribution is -2.30. The summed E-state index contributed by atoms with van der Waals surface area (Å²) in [6, 6.07) is 5.15. The molecule has 0 aliphatic carbocycles. The SMILES string of the molecule is CS(=O)(=O)c1ccc(-c2cnn(CC(F)(F)F)c(=O)c2O)cc1. The van der Waals surface area contributed by atoms with E-state index in [4.69, 9.17) is 0 Å². The molecule has 6 nitrogen and oxygen atoms in total. The zero-order valence-corrected chi connectivity index (χ0v) is 12.5. The number of hydrogen-bond donors (Lipinski definition) is 1. The Morgan fingerprint density at radius 2 is 1.78 bits per heavy atom. The summed E-state index contributed by atoms with van der Waals surface area (Å²) < 4.78 is 59.7. The van der Waals surface area contributed by atoms with Gasteiger partial charge in [-0.1, -0.05) is 12.1 Å². The van der Waals surface area contributed by atoms with E-state index in [1.54, 1.807) is 0 Å². The fourth-order valence-corrected chi connectivity index (χ4v) is 2.48. The lowest BCUT2D eigenvalue weighted by atomic mass is 10.1. The van der Waals surface area contributed by atoms with Crippen LogP contribution in [0.3, 0.4) is 0 Å². The molecule has 1 heterocycles. The second-order valence-corrected chi connectivity index (χ2v) is 6.80. The third kappa shape index (κ3) is 3.89. The number of alkyl halides is 3. The first kappa shape index (κ1) is 17.0. The monoisotopic (exact) mass is 348 g/mol. The zero-order valence-electron chi connectivity index (χ0n) is 11.7. The van der Waals surface area contributed by atoms with Crippen LogP contribution in [-0.2, 0) is 16.4 Å². The predicted octanol–water partition coefficient (Wildman–Crippen LogP) is 1.58. The van der Waals surface area contributed by atoms with Crippen LogP contribution in [0, 0.1) is 0 Å². The molecule has 0 unspecified atom stereocenters. The second-order valence-electron chi connectivity index (χ2n) is 4.78. The van der Waals surface area contributed by atoms with Gasteiger partial charge in [0.15, 0.2) is 15.6 Å². The molecule has 0 fully saturated rings. The Morgan fingerprint density at radius 3 is 2.26 bits per heavy atom. The summed E-state index contributed by atoms with van der Waals surface area (Å²) in [6.45, 7) is -1.62. The van der Waals surface area contributed by atoms with Crippen LogP contribution in [0.15, 0.2) is 40.2 Å². The zero-order chi connectivity index (χ0) is 17.4. The van der Waals surface area contributed by atoms with Crippen LogP contribution < -0.4 is 5.56 Å². The average molecular weight is 348 g/mol. The van der Waals surface area contributed by atoms with Crippen LogP contribution in [0.1, 0.15) is 0 Å². The summed E-state index contributed by atoms with van der Waals surface area (Å²) in [7, 11) is -3.42. The number of aromatic nitrogens is 2. The van der Waals surface area contributed by atoms with Crippen LogP contribution in [-0.4, -0.2) is 35.7 Å². The van der Waals surface area contributed by atoms with E-state index in [0.717, 1.165) is 12.5 Å². The van der Waals surface area contributed by atoms with Crippen LogP contribution in [0.2, 0.25) is 0 Å². The van der Waals surface area contributed by atoms with Gasteiger partial charge in [0.2, 0.25) is 0 Å². The molecule has 23 heavy (non-hydrogen) atoms. The van der Waals surface area contributed by atoms with Crippen molar-refractivity contribution in [2.45, 2.75) is 17.6 Å². The standard InChI is InChI=1S/C13H11F3N2O4S/c1-23(21,22)9-4-2-8(3-5-9)10-6-17-18(7-13(14,15)16)12(20)11(10)19/h2-6,19H,7H2,1H3. The van der Waals surface area contributed by atoms with E-state index >= 15 is 0 Å². The van der Waals surface area contributed by atoms with Gasteiger partial charge in [-0.25, -0.2) is 13.1 Å². The van der Waals surface area contributed by atoms with Crippen LogP contribution in [0.5, 0.6) is 5.75 Å². The highest BCUT2D eigenvalue weighted by Gasteiger charge is 2.30. The molecular weight excluding hydrogens is 337 g/mol. The molecule has 0 saturated carbocycles. The maximum Gasteiger partial charge on any atom is 0.408 e. The minimum Gasteiger partial charge on any atom is -0.503 e. The number of nitrogens with zero attached hydrogens (tertiary/aromatic N) is 2. The first-order valence-electron chi connectivity index (χ1n) is 6.15. The Labute approximate surface area is 128 Å². The van der Waals surface area contributed by atoms with Crippen molar-refractivity contribution in [1.82, 2.24) is 9.78 Å². The summed E-state index contributed by atoms with van der Waals surface area (Å²) in [4.78, 5) is 11.7. The van der Waals surface area contributed by atoms with Gasteiger partial charge in [-0.05, 0) is 17.7 Å². The lowest BCUT2D eigenvalue weighted by molar-refractivity contribution is -0.143. The van der Waals surface area contributed by atoms with Gasteiger partial charge in [0.05, 0.1) is 11.1 Å². The van der Waals surface area contributed by atoms with E-state index in [9.17, 15) is 31.5 Å². The summed E-state index contributed by atoms with van der Waals surface area (Å²) in [6.07, 6.45) is -2.72. The molecule has 0 aliphatic rings. The van der Waals surface area contributed by atoms with Gasteiger partial charge in [0.25, 0.3) is 0 Å². The second kappa shape index (κ2) is 5.69. The first-order chi connectivity index (χ1) is 10.5. The van der Waals surface area contributed by atoms with Gasteiger partial charge in [0.1, 0.15) is 6.54 Å². The minimum absolute atomic E-state index is 0.0270. The lowest BCUT2D eigenvalue weighted by Gasteiger charge is -2.10. The summed E-state index contributed by atoms with van der Waals surface area (Å²) in [5.41, 5.74) is -1.13. The predicted molar refractivity (Wildman–Crippen MR) is 74.8 cm³/mol. The maximum absolute atomic E-state index is 12.3. The molecule has 10 heteroatoms. The van der Waals surface area contributed by atoms with E-state index in [-0.39, 0.29) is 20.7 Å². The van der Waals surface area contributed by atoms with Gasteiger partial charge in [-0.15, -0.1) is 0 Å². The number of hydrogen-bond acceptors (Lipinski definition) is 5. The van der Waals surface area contributed by atoms with Crippen molar-refractivity contribution < 1.29 is 26.7 Å². The van der Waals surface area contributed by atoms with Gasteiger partial charge >= 0.3 is 11.7 Å². The van der Waals surface area contributed by atoms with E-state index in [1.807, 2.05) is 0 Å². The minimum atomic E-state index is -4.65. The summed E-state index contributed by atoms with van der Waals surface area (Å²) in [5.74, 6) is -0.892. The third-order valence-corrected chi connectivity index (χ3v) is 4.07. The molecule has 0 aliphatic heterocycles. The fourth-order valence-electron chi connectivity index (χ4n) is 1.85. The van der Waals surface area contributed by atoms with Crippen LogP contribution >= 0.6 is 0 Å². The molecule has 0 spiro atoms. The number of aromatic hydroxyl groups is 1. The molecule has 0 amide bonds. The number of benzene rings is 1. The molecule has 1 aromatic heterocycles. The Bertz CT molecular complexity index is 887. The molecule has 1 N–H and O–H groups in total. The van der Waals surface area contributed by atoms with Gasteiger partial charge < -0.3 is 5.11 Å². The molecule has 0 radical (unpaired) electrons. The van der Waals surface area contributed by atoms with Crippen molar-refractivity contribution >= 4 is 9.84 Å². The van der Waals surface area contributed by atoms with Gasteiger partial charge in [-0.3, -0.25) is 4.79 Å². The molecule has 0 bridgehead atoms. The van der Waals surface area contributed by atoms with Crippen LogP contribution in [0.25, 0.3) is 11.1 Å². The van der Waals surface area contributed by atoms with Crippen molar-refractivity contribution in [3.8, 4) is 16.9 Å². The van der Waals surface area contributed by atoms with E-state index in [1.165, 1.54) is 24.3 Å². The largest absolute Gasteiger partial charge is 0.503 e. The van der Waals surface area contributed by atoms with Crippen molar-refractivity contribution in [3.63, 3.8) is 0 Å². The van der Waals surface area contributed by atoms with Crippen molar-refractivity contribution in [3.05, 3.63) is 40.8 Å².